The summed E-state index contributed by atoms with van der Waals surface area (Å²) < 4.78 is 58.9. The maximum atomic E-state index is 17.0. The van der Waals surface area contributed by atoms with E-state index >= 15 is 4.39 Å². The number of aromatic hydroxyl groups is 1. The first kappa shape index (κ1) is 29.5. The molecule has 12 heteroatoms. The first-order valence-electron chi connectivity index (χ1n) is 16.2. The zero-order valence-corrected chi connectivity index (χ0v) is 26.0. The van der Waals surface area contributed by atoms with E-state index in [0.29, 0.717) is 66.6 Å². The second-order valence-electron chi connectivity index (χ2n) is 13.2. The summed E-state index contributed by atoms with van der Waals surface area (Å²) in [6.07, 6.45) is 2.81. The molecule has 0 amide bonds. The maximum absolute atomic E-state index is 17.0. The van der Waals surface area contributed by atoms with Crippen LogP contribution in [-0.2, 0) is 0 Å². The van der Waals surface area contributed by atoms with Gasteiger partial charge < -0.3 is 24.8 Å². The van der Waals surface area contributed by atoms with E-state index in [9.17, 15) is 13.9 Å². The van der Waals surface area contributed by atoms with Crippen molar-refractivity contribution >= 4 is 27.5 Å². The normalized spacial score (nSPS) is 26.1. The summed E-state index contributed by atoms with van der Waals surface area (Å²) in [6, 6.07) is 6.01. The Kier molecular flexibility index (Phi) is 7.13. The number of piperazine rings is 1. The van der Waals surface area contributed by atoms with Crippen molar-refractivity contribution in [3.05, 3.63) is 41.5 Å². The molecule has 0 bridgehead atoms. The van der Waals surface area contributed by atoms with Crippen LogP contribution in [-0.4, -0.2) is 88.1 Å². The summed E-state index contributed by atoms with van der Waals surface area (Å²) in [5.74, 6) is -0.666. The quantitative estimate of drug-likeness (QED) is 0.298. The summed E-state index contributed by atoms with van der Waals surface area (Å²) in [4.78, 5) is 18.5. The second-order valence-corrected chi connectivity index (χ2v) is 13.2. The number of hydrogen-bond acceptors (Lipinski definition) is 9. The van der Waals surface area contributed by atoms with Crippen LogP contribution in [0.25, 0.3) is 32.9 Å². The SMILES string of the molecule is CC[C@@H]1CN2c3nc(OC[C@@]45CCCN4C[C@H](F)C5)nc4c(F)c(-c5cc(O)cc6ccc(F)c(C)c56)nc(c34)OCC[C@@H]2CN1. The molecule has 3 fully saturated rings. The summed E-state index contributed by atoms with van der Waals surface area (Å²) in [7, 11) is 0. The van der Waals surface area contributed by atoms with Crippen LogP contribution >= 0.6 is 0 Å². The van der Waals surface area contributed by atoms with E-state index in [1.54, 1.807) is 13.0 Å². The maximum Gasteiger partial charge on any atom is 0.319 e. The van der Waals surface area contributed by atoms with Crippen LogP contribution in [0, 0.1) is 18.6 Å². The van der Waals surface area contributed by atoms with Crippen molar-refractivity contribution in [1.82, 2.24) is 25.2 Å². The molecule has 4 atom stereocenters. The fourth-order valence-electron chi connectivity index (χ4n) is 8.05. The summed E-state index contributed by atoms with van der Waals surface area (Å²) >= 11 is 0. The Morgan fingerprint density at radius 2 is 2.02 bits per heavy atom. The lowest BCUT2D eigenvalue weighted by Gasteiger charge is -2.42. The Labute approximate surface area is 264 Å². The number of fused-ring (bicyclic) bond motifs is 4. The first-order chi connectivity index (χ1) is 22.2. The number of nitrogens with zero attached hydrogens (tertiary/aromatic N) is 5. The fraction of sp³-hybridized carbons (Fsp3) is 0.500. The van der Waals surface area contributed by atoms with Crippen molar-refractivity contribution in [2.24, 2.45) is 0 Å². The molecule has 242 valence electrons. The average Bonchev–Trinajstić information content (AvgIpc) is 3.57. The Morgan fingerprint density at radius 1 is 1.15 bits per heavy atom. The lowest BCUT2D eigenvalue weighted by Crippen LogP contribution is -2.57. The molecule has 3 saturated heterocycles. The lowest BCUT2D eigenvalue weighted by molar-refractivity contribution is 0.107. The summed E-state index contributed by atoms with van der Waals surface area (Å²) in [5.41, 5.74) is -0.0573. The van der Waals surface area contributed by atoms with Crippen LogP contribution < -0.4 is 19.7 Å². The number of halogens is 3. The summed E-state index contributed by atoms with van der Waals surface area (Å²) in [5, 5.41) is 15.5. The lowest BCUT2D eigenvalue weighted by atomic mass is 9.95. The standard InChI is InChI=1S/C34H37F3N6O3/c1-3-21-16-43-22(14-38-21)7-10-45-32-27-30(40-33(41-31(27)43)46-17-34-8-4-9-42(34)15-20(35)13-34)28(37)29(39-32)24-12-23(44)11-19-5-6-25(36)18(2)26(19)24/h5-6,11-12,20-22,38,44H,3-4,7-10,13-17H2,1-2H3/t20-,21-,22-,34+/m1/s1. The van der Waals surface area contributed by atoms with E-state index in [0.717, 1.165) is 25.8 Å². The van der Waals surface area contributed by atoms with Gasteiger partial charge in [-0.1, -0.05) is 13.0 Å². The smallest absolute Gasteiger partial charge is 0.319 e. The second kappa shape index (κ2) is 11.1. The molecule has 4 aliphatic heterocycles. The number of phenolic OH excluding ortho intramolecular Hbond substituents is 1. The van der Waals surface area contributed by atoms with Crippen molar-refractivity contribution in [2.45, 2.75) is 69.7 Å². The van der Waals surface area contributed by atoms with E-state index in [1.807, 2.05) is 0 Å². The predicted octanol–water partition coefficient (Wildman–Crippen LogP) is 5.43. The third kappa shape index (κ3) is 4.71. The zero-order chi connectivity index (χ0) is 31.7. The highest BCUT2D eigenvalue weighted by Gasteiger charge is 2.49. The number of benzene rings is 2. The van der Waals surface area contributed by atoms with E-state index < -0.39 is 23.3 Å². The van der Waals surface area contributed by atoms with Gasteiger partial charge in [-0.2, -0.15) is 9.97 Å². The number of nitrogens with one attached hydrogen (secondary N) is 1. The predicted molar refractivity (Wildman–Crippen MR) is 168 cm³/mol. The van der Waals surface area contributed by atoms with Crippen LogP contribution in [0.2, 0.25) is 0 Å². The van der Waals surface area contributed by atoms with Crippen LogP contribution in [0.15, 0.2) is 24.3 Å². The van der Waals surface area contributed by atoms with E-state index in [2.05, 4.69) is 32.0 Å². The number of aromatic nitrogens is 3. The Bertz CT molecular complexity index is 1860. The minimum atomic E-state index is -0.918. The van der Waals surface area contributed by atoms with Gasteiger partial charge in [0.05, 0.1) is 12.1 Å². The van der Waals surface area contributed by atoms with E-state index in [-0.39, 0.29) is 53.1 Å². The Morgan fingerprint density at radius 3 is 2.87 bits per heavy atom. The topological polar surface area (TPSA) is 95.9 Å². The highest BCUT2D eigenvalue weighted by molar-refractivity contribution is 6.03. The molecule has 2 aromatic heterocycles. The number of phenols is 1. The molecule has 6 heterocycles. The van der Waals surface area contributed by atoms with Gasteiger partial charge in [-0.05, 0) is 67.3 Å². The Hall–Kier alpha value is -3.90. The van der Waals surface area contributed by atoms with Crippen LogP contribution in [0.4, 0.5) is 19.0 Å². The molecular weight excluding hydrogens is 597 g/mol. The Balaban J connectivity index is 1.33. The number of pyridine rings is 1. The van der Waals surface area contributed by atoms with Gasteiger partial charge in [0.2, 0.25) is 5.88 Å². The number of rotatable bonds is 5. The largest absolute Gasteiger partial charge is 0.508 e. The molecule has 9 nitrogen and oxygen atoms in total. The fourth-order valence-corrected chi connectivity index (χ4v) is 8.05. The number of hydrogen-bond donors (Lipinski definition) is 2. The van der Waals surface area contributed by atoms with Crippen LogP contribution in [0.5, 0.6) is 17.6 Å². The minimum absolute atomic E-state index is 0.00179. The van der Waals surface area contributed by atoms with Gasteiger partial charge in [0, 0.05) is 50.1 Å². The molecule has 4 aliphatic rings. The molecule has 0 saturated carbocycles. The zero-order valence-electron chi connectivity index (χ0n) is 26.0. The number of anilines is 1. The third-order valence-corrected chi connectivity index (χ3v) is 10.4. The van der Waals surface area contributed by atoms with Gasteiger partial charge in [0.15, 0.2) is 5.82 Å². The van der Waals surface area contributed by atoms with Gasteiger partial charge in [0.1, 0.15) is 46.8 Å². The van der Waals surface area contributed by atoms with Crippen molar-refractivity contribution in [1.29, 1.82) is 0 Å². The molecule has 0 spiro atoms. The van der Waals surface area contributed by atoms with Gasteiger partial charge in [-0.25, -0.2) is 18.2 Å². The van der Waals surface area contributed by atoms with Gasteiger partial charge in [-0.15, -0.1) is 0 Å². The van der Waals surface area contributed by atoms with Crippen molar-refractivity contribution in [3.63, 3.8) is 0 Å². The molecule has 4 aromatic rings. The number of aryl methyl sites for hydroxylation is 1. The van der Waals surface area contributed by atoms with Crippen molar-refractivity contribution in [3.8, 4) is 28.9 Å². The molecule has 0 radical (unpaired) electrons. The highest BCUT2D eigenvalue weighted by Crippen LogP contribution is 2.44. The van der Waals surface area contributed by atoms with E-state index in [1.165, 1.54) is 18.2 Å². The third-order valence-electron chi connectivity index (χ3n) is 10.4. The van der Waals surface area contributed by atoms with Gasteiger partial charge in [0.25, 0.3) is 0 Å². The minimum Gasteiger partial charge on any atom is -0.508 e. The van der Waals surface area contributed by atoms with Gasteiger partial charge >= 0.3 is 6.01 Å². The molecule has 0 aliphatic carbocycles. The number of alkyl halides is 1. The van der Waals surface area contributed by atoms with E-state index in [4.69, 9.17) is 14.5 Å². The molecule has 2 N–H and O–H groups in total. The first-order valence-corrected chi connectivity index (χ1v) is 16.2. The molecule has 2 aromatic carbocycles. The van der Waals surface area contributed by atoms with Crippen molar-refractivity contribution < 1.29 is 27.8 Å². The molecule has 0 unspecified atom stereocenters. The molecular formula is C34H37F3N6O3. The van der Waals surface area contributed by atoms with Gasteiger partial charge in [-0.3, -0.25) is 4.90 Å². The van der Waals surface area contributed by atoms with Crippen LogP contribution in [0.3, 0.4) is 0 Å². The summed E-state index contributed by atoms with van der Waals surface area (Å²) in [6.45, 7) is 6.82. The van der Waals surface area contributed by atoms with Crippen LogP contribution in [0.1, 0.15) is 44.6 Å². The monoisotopic (exact) mass is 634 g/mol. The average molecular weight is 635 g/mol. The molecule has 46 heavy (non-hydrogen) atoms. The number of ether oxygens (including phenoxy) is 2. The van der Waals surface area contributed by atoms with Crippen molar-refractivity contribution in [2.75, 3.05) is 44.3 Å². The highest BCUT2D eigenvalue weighted by atomic mass is 19.1. The molecule has 8 rings (SSSR count).